The van der Waals surface area contributed by atoms with Gasteiger partial charge in [-0.2, -0.15) is 0 Å². The number of aryl methyl sites for hydroxylation is 1. The van der Waals surface area contributed by atoms with E-state index in [0.29, 0.717) is 42.4 Å². The number of halogens is 2. The third-order valence-electron chi connectivity index (χ3n) is 7.88. The second-order valence-electron chi connectivity index (χ2n) is 11.3. The molecule has 2 aliphatic rings. The van der Waals surface area contributed by atoms with Gasteiger partial charge in [0.25, 0.3) is 0 Å². The van der Waals surface area contributed by atoms with Gasteiger partial charge >= 0.3 is 0 Å². The van der Waals surface area contributed by atoms with Crippen molar-refractivity contribution in [3.63, 3.8) is 0 Å². The van der Waals surface area contributed by atoms with Gasteiger partial charge in [-0.15, -0.1) is 0 Å². The van der Waals surface area contributed by atoms with Crippen molar-refractivity contribution in [2.45, 2.75) is 64.3 Å². The van der Waals surface area contributed by atoms with Gasteiger partial charge < -0.3 is 20.3 Å². The van der Waals surface area contributed by atoms with Crippen molar-refractivity contribution in [3.05, 3.63) is 59.7 Å². The van der Waals surface area contributed by atoms with E-state index in [2.05, 4.69) is 35.5 Å². The lowest BCUT2D eigenvalue weighted by Crippen LogP contribution is -2.70. The fourth-order valence-corrected chi connectivity index (χ4v) is 6.02. The number of aromatic nitrogens is 5. The van der Waals surface area contributed by atoms with Gasteiger partial charge in [-0.05, 0) is 63.9 Å². The van der Waals surface area contributed by atoms with E-state index in [-0.39, 0.29) is 29.2 Å². The summed E-state index contributed by atoms with van der Waals surface area (Å²) in [6.07, 6.45) is 6.18. The Morgan fingerprint density at radius 1 is 1.10 bits per heavy atom. The van der Waals surface area contributed by atoms with Crippen LogP contribution >= 0.6 is 0 Å². The lowest BCUT2D eigenvalue weighted by Gasteiger charge is -2.52. The second kappa shape index (κ2) is 10.5. The number of hydrogen-bond acceptors (Lipinski definition) is 8. The summed E-state index contributed by atoms with van der Waals surface area (Å²) >= 11 is 0. The Hall–Kier alpha value is -3.54. The summed E-state index contributed by atoms with van der Waals surface area (Å²) in [5.41, 5.74) is 1.49. The number of hydrogen-bond donors (Lipinski definition) is 3. The van der Waals surface area contributed by atoms with Gasteiger partial charge in [0.2, 0.25) is 5.95 Å². The molecule has 1 atom stereocenters. The number of piperidine rings is 1. The number of β-amino-alcohol motifs (C(OH)–C–C–N with tert-alkyl or cyclic N) is 1. The molecule has 0 saturated carbocycles. The predicted octanol–water partition coefficient (Wildman–Crippen LogP) is 4.49. The molecule has 3 aromatic heterocycles. The highest BCUT2D eigenvalue weighted by molar-refractivity contribution is 5.83. The van der Waals surface area contributed by atoms with Gasteiger partial charge in [0.1, 0.15) is 28.5 Å². The maximum atomic E-state index is 15.0. The van der Waals surface area contributed by atoms with E-state index in [1.807, 2.05) is 37.5 Å². The van der Waals surface area contributed by atoms with Crippen LogP contribution in [-0.4, -0.2) is 65.8 Å². The van der Waals surface area contributed by atoms with Crippen molar-refractivity contribution in [2.24, 2.45) is 0 Å². The Morgan fingerprint density at radius 3 is 2.62 bits per heavy atom. The number of likely N-dealkylation sites (tertiary alicyclic amines) is 1. The molecule has 4 aromatic rings. The zero-order chi connectivity index (χ0) is 28.0. The molecule has 3 N–H and O–H groups in total. The van der Waals surface area contributed by atoms with Crippen LogP contribution in [0.15, 0.2) is 36.7 Å². The molecule has 0 bridgehead atoms. The molecule has 1 aromatic carbocycles. The Balaban J connectivity index is 1.15. The SMILES string of the molecule is Cc1nc2c(F)cc(-c3nc(Nc4ccc(CN5CC(O)([C@@H]6CCCCN6)C5)cn4)ncc3F)cc2n1C(C)C. The molecule has 2 fully saturated rings. The fraction of sp³-hybridized carbons (Fsp3) is 0.448. The summed E-state index contributed by atoms with van der Waals surface area (Å²) in [6, 6.07) is 6.95. The molecule has 40 heavy (non-hydrogen) atoms. The minimum Gasteiger partial charge on any atom is -0.386 e. The van der Waals surface area contributed by atoms with Gasteiger partial charge in [-0.3, -0.25) is 4.90 Å². The Morgan fingerprint density at radius 2 is 1.93 bits per heavy atom. The molecule has 0 radical (unpaired) electrons. The molecule has 9 nitrogen and oxygen atoms in total. The first kappa shape index (κ1) is 26.7. The first-order chi connectivity index (χ1) is 19.2. The van der Waals surface area contributed by atoms with Crippen LogP contribution in [-0.2, 0) is 6.54 Å². The van der Waals surface area contributed by atoms with Crippen molar-refractivity contribution >= 4 is 22.8 Å². The first-order valence-electron chi connectivity index (χ1n) is 13.8. The topological polar surface area (TPSA) is 104 Å². The van der Waals surface area contributed by atoms with E-state index in [9.17, 15) is 13.9 Å². The Bertz CT molecular complexity index is 1530. The monoisotopic (exact) mass is 548 g/mol. The summed E-state index contributed by atoms with van der Waals surface area (Å²) < 4.78 is 31.7. The summed E-state index contributed by atoms with van der Waals surface area (Å²) in [5, 5.41) is 17.4. The van der Waals surface area contributed by atoms with E-state index < -0.39 is 17.2 Å². The van der Waals surface area contributed by atoms with Gasteiger partial charge in [-0.1, -0.05) is 12.5 Å². The van der Waals surface area contributed by atoms with E-state index >= 15 is 0 Å². The number of fused-ring (bicyclic) bond motifs is 1. The number of benzene rings is 1. The van der Waals surface area contributed by atoms with Crippen molar-refractivity contribution < 1.29 is 13.9 Å². The fourth-order valence-electron chi connectivity index (χ4n) is 6.02. The largest absolute Gasteiger partial charge is 0.386 e. The smallest absolute Gasteiger partial charge is 0.229 e. The molecule has 5 heterocycles. The van der Waals surface area contributed by atoms with Crippen molar-refractivity contribution in [1.82, 2.24) is 34.7 Å². The number of imidazole rings is 1. The van der Waals surface area contributed by atoms with E-state index in [1.54, 1.807) is 12.3 Å². The van der Waals surface area contributed by atoms with Gasteiger partial charge in [0.05, 0.1) is 11.7 Å². The number of anilines is 2. The minimum atomic E-state index is -0.659. The highest BCUT2D eigenvalue weighted by Gasteiger charge is 2.47. The number of nitrogens with one attached hydrogen (secondary N) is 2. The third-order valence-corrected chi connectivity index (χ3v) is 7.88. The molecule has 0 aliphatic carbocycles. The first-order valence-corrected chi connectivity index (χ1v) is 13.8. The molecule has 2 saturated heterocycles. The van der Waals surface area contributed by atoms with Crippen LogP contribution in [0.1, 0.15) is 50.5 Å². The number of pyridine rings is 1. The minimum absolute atomic E-state index is 0.0122. The van der Waals surface area contributed by atoms with Crippen LogP contribution in [0.2, 0.25) is 0 Å². The van der Waals surface area contributed by atoms with Gasteiger partial charge in [-0.25, -0.2) is 28.7 Å². The van der Waals surface area contributed by atoms with Crippen LogP contribution in [0.5, 0.6) is 0 Å². The van der Waals surface area contributed by atoms with Crippen molar-refractivity contribution in [3.8, 4) is 11.3 Å². The van der Waals surface area contributed by atoms with Crippen LogP contribution in [0.3, 0.4) is 0 Å². The Labute approximate surface area is 231 Å². The lowest BCUT2D eigenvalue weighted by atomic mass is 9.81. The maximum absolute atomic E-state index is 15.0. The maximum Gasteiger partial charge on any atom is 0.229 e. The van der Waals surface area contributed by atoms with E-state index in [1.165, 1.54) is 12.5 Å². The molecular weight excluding hydrogens is 514 g/mol. The predicted molar refractivity (Wildman–Crippen MR) is 149 cm³/mol. The molecule has 6 rings (SSSR count). The van der Waals surface area contributed by atoms with Crippen LogP contribution in [0.4, 0.5) is 20.5 Å². The third kappa shape index (κ3) is 5.04. The number of nitrogens with zero attached hydrogens (tertiary/aromatic N) is 6. The number of rotatable bonds is 7. The molecule has 210 valence electrons. The van der Waals surface area contributed by atoms with Gasteiger partial charge in [0, 0.05) is 43.5 Å². The lowest BCUT2D eigenvalue weighted by molar-refractivity contribution is -0.128. The molecule has 11 heteroatoms. The second-order valence-corrected chi connectivity index (χ2v) is 11.3. The van der Waals surface area contributed by atoms with Gasteiger partial charge in [0.15, 0.2) is 11.6 Å². The normalized spacial score (nSPS) is 19.2. The molecule has 2 aliphatic heterocycles. The average Bonchev–Trinajstić information content (AvgIpc) is 3.27. The van der Waals surface area contributed by atoms with Crippen LogP contribution in [0.25, 0.3) is 22.3 Å². The highest BCUT2D eigenvalue weighted by Crippen LogP contribution is 2.32. The summed E-state index contributed by atoms with van der Waals surface area (Å²) in [7, 11) is 0. The van der Waals surface area contributed by atoms with E-state index in [4.69, 9.17) is 0 Å². The van der Waals surface area contributed by atoms with Crippen molar-refractivity contribution in [2.75, 3.05) is 25.0 Å². The summed E-state index contributed by atoms with van der Waals surface area (Å²) in [5.74, 6) is 0.155. The molecule has 0 unspecified atom stereocenters. The highest BCUT2D eigenvalue weighted by atomic mass is 19.1. The standard InChI is InChI=1S/C29H34F2N8O/c1-17(2)39-18(3)35-27-21(30)10-20(11-23(27)39)26-22(31)13-34-28(37-26)36-25-8-7-19(12-33-25)14-38-15-29(40,16-38)24-6-4-5-9-32-24/h7-8,10-13,17,24,32,40H,4-6,9,14-16H2,1-3H3,(H,33,34,36,37)/t24-/m0/s1. The van der Waals surface area contributed by atoms with E-state index in [0.717, 1.165) is 31.1 Å². The summed E-state index contributed by atoms with van der Waals surface area (Å²) in [6.45, 7) is 8.75. The van der Waals surface area contributed by atoms with Crippen LogP contribution in [0, 0.1) is 18.6 Å². The zero-order valence-electron chi connectivity index (χ0n) is 23.0. The quantitative estimate of drug-likeness (QED) is 0.311. The van der Waals surface area contributed by atoms with Crippen molar-refractivity contribution in [1.29, 1.82) is 0 Å². The van der Waals surface area contributed by atoms with Crippen LogP contribution < -0.4 is 10.6 Å². The molecule has 0 amide bonds. The molecular formula is C29H34F2N8O. The summed E-state index contributed by atoms with van der Waals surface area (Å²) in [4.78, 5) is 19.4. The Kier molecular flexibility index (Phi) is 6.97. The number of aliphatic hydroxyl groups is 1. The molecule has 0 spiro atoms. The average molecular weight is 549 g/mol. The zero-order valence-corrected chi connectivity index (χ0v) is 23.0.